The molecule has 0 unspecified atom stereocenters. The molecule has 0 spiro atoms. The molecule has 0 atom stereocenters. The van der Waals surface area contributed by atoms with Crippen molar-refractivity contribution in [3.8, 4) is 0 Å². The average molecular weight is 271 g/mol. The van der Waals surface area contributed by atoms with E-state index in [0.717, 1.165) is 36.2 Å². The highest BCUT2D eigenvalue weighted by molar-refractivity contribution is 6.31. The van der Waals surface area contributed by atoms with Crippen LogP contribution in [0.2, 0.25) is 5.02 Å². The normalized spacial score (nSPS) is 11.0. The minimum atomic E-state index is 0.713. The Bertz CT molecular complexity index is 368. The van der Waals surface area contributed by atoms with E-state index in [0.29, 0.717) is 6.54 Å². The molecule has 0 bridgehead atoms. The number of halogens is 1. The lowest BCUT2D eigenvalue weighted by Gasteiger charge is -2.21. The number of nitrogens with one attached hydrogen (secondary N) is 1. The van der Waals surface area contributed by atoms with Crippen LogP contribution in [0.4, 0.5) is 5.82 Å². The highest BCUT2D eigenvalue weighted by Gasteiger charge is 2.07. The molecule has 0 aliphatic carbocycles. The van der Waals surface area contributed by atoms with Gasteiger partial charge in [0.1, 0.15) is 5.82 Å². The van der Waals surface area contributed by atoms with E-state index in [2.05, 4.69) is 48.2 Å². The van der Waals surface area contributed by atoms with E-state index in [1.807, 2.05) is 12.1 Å². The average Bonchev–Trinajstić information content (AvgIpc) is 2.35. The van der Waals surface area contributed by atoms with Crippen LogP contribution in [0.1, 0.15) is 12.6 Å². The van der Waals surface area contributed by atoms with Gasteiger partial charge >= 0.3 is 0 Å². The van der Waals surface area contributed by atoms with E-state index in [4.69, 9.17) is 11.6 Å². The van der Waals surface area contributed by atoms with E-state index in [1.165, 1.54) is 0 Å². The summed E-state index contributed by atoms with van der Waals surface area (Å²) in [7, 11) is 6.19. The summed E-state index contributed by atoms with van der Waals surface area (Å²) in [6, 6.07) is 3.89. The highest BCUT2D eigenvalue weighted by Crippen LogP contribution is 2.18. The third-order valence-corrected chi connectivity index (χ3v) is 3.06. The molecule has 18 heavy (non-hydrogen) atoms. The van der Waals surface area contributed by atoms with Crippen molar-refractivity contribution >= 4 is 17.4 Å². The smallest absolute Gasteiger partial charge is 0.128 e. The van der Waals surface area contributed by atoms with Crippen molar-refractivity contribution in [2.75, 3.05) is 45.7 Å². The molecule has 0 saturated heterocycles. The predicted molar refractivity (Wildman–Crippen MR) is 78.5 cm³/mol. The quantitative estimate of drug-likeness (QED) is 0.819. The van der Waals surface area contributed by atoms with Crippen LogP contribution >= 0.6 is 11.6 Å². The monoisotopic (exact) mass is 270 g/mol. The fourth-order valence-electron chi connectivity index (χ4n) is 1.52. The lowest BCUT2D eigenvalue weighted by Crippen LogP contribution is -2.29. The fourth-order valence-corrected chi connectivity index (χ4v) is 1.69. The highest BCUT2D eigenvalue weighted by atomic mass is 35.5. The third-order valence-electron chi connectivity index (χ3n) is 2.72. The molecule has 1 aromatic rings. The maximum Gasteiger partial charge on any atom is 0.128 e. The fraction of sp³-hybridized carbons (Fsp3) is 0.615. The molecule has 102 valence electrons. The Kier molecular flexibility index (Phi) is 6.39. The maximum atomic E-state index is 6.13. The van der Waals surface area contributed by atoms with Gasteiger partial charge in [-0.1, -0.05) is 18.5 Å². The molecule has 1 heterocycles. The Morgan fingerprint density at radius 1 is 1.22 bits per heavy atom. The first-order valence-electron chi connectivity index (χ1n) is 6.26. The van der Waals surface area contributed by atoms with Crippen molar-refractivity contribution in [2.24, 2.45) is 0 Å². The molecule has 0 fully saturated rings. The van der Waals surface area contributed by atoms with Gasteiger partial charge in [-0.25, -0.2) is 4.98 Å². The van der Waals surface area contributed by atoms with Crippen LogP contribution < -0.4 is 10.2 Å². The number of hydrogen-bond acceptors (Lipinski definition) is 4. The van der Waals surface area contributed by atoms with Crippen LogP contribution in [0, 0.1) is 0 Å². The van der Waals surface area contributed by atoms with E-state index in [9.17, 15) is 0 Å². The van der Waals surface area contributed by atoms with Crippen LogP contribution in [-0.4, -0.2) is 50.7 Å². The van der Waals surface area contributed by atoms with Gasteiger partial charge < -0.3 is 15.1 Å². The molecule has 0 amide bonds. The van der Waals surface area contributed by atoms with Crippen LogP contribution in [0.25, 0.3) is 0 Å². The largest absolute Gasteiger partial charge is 0.358 e. The topological polar surface area (TPSA) is 31.4 Å². The predicted octanol–water partition coefficient (Wildman–Crippen LogP) is 1.84. The summed E-state index contributed by atoms with van der Waals surface area (Å²) >= 11 is 6.13. The van der Waals surface area contributed by atoms with Crippen LogP contribution in [0.15, 0.2) is 12.1 Å². The first-order chi connectivity index (χ1) is 8.54. The van der Waals surface area contributed by atoms with Gasteiger partial charge in [-0.15, -0.1) is 0 Å². The van der Waals surface area contributed by atoms with Gasteiger partial charge in [0.15, 0.2) is 0 Å². The van der Waals surface area contributed by atoms with Crippen LogP contribution in [-0.2, 0) is 6.54 Å². The summed E-state index contributed by atoms with van der Waals surface area (Å²) in [5.41, 5.74) is 0.910. The van der Waals surface area contributed by atoms with Crippen LogP contribution in [0.5, 0.6) is 0 Å². The lowest BCUT2D eigenvalue weighted by atomic mass is 10.3. The Morgan fingerprint density at radius 3 is 2.56 bits per heavy atom. The second-order valence-electron chi connectivity index (χ2n) is 4.60. The Hall–Kier alpha value is -0.840. The van der Waals surface area contributed by atoms with Crippen LogP contribution in [0.3, 0.4) is 0 Å². The molecule has 1 aromatic heterocycles. The van der Waals surface area contributed by atoms with E-state index < -0.39 is 0 Å². The number of anilines is 1. The number of likely N-dealkylation sites (N-methyl/N-ethyl adjacent to an activating group) is 2. The number of rotatable bonds is 7. The summed E-state index contributed by atoms with van der Waals surface area (Å²) in [5, 5.41) is 3.97. The molecule has 0 aliphatic heterocycles. The molecule has 0 radical (unpaired) electrons. The summed E-state index contributed by atoms with van der Waals surface area (Å²) < 4.78 is 0. The van der Waals surface area contributed by atoms with Gasteiger partial charge in [0.2, 0.25) is 0 Å². The van der Waals surface area contributed by atoms with Gasteiger partial charge in [-0.05, 0) is 32.8 Å². The van der Waals surface area contributed by atoms with E-state index >= 15 is 0 Å². The molecule has 5 heteroatoms. The lowest BCUT2D eigenvalue weighted by molar-refractivity contribution is 0.416. The summed E-state index contributed by atoms with van der Waals surface area (Å²) in [4.78, 5) is 8.90. The molecule has 0 aromatic carbocycles. The molecule has 4 nitrogen and oxygen atoms in total. The number of hydrogen-bond donors (Lipinski definition) is 1. The zero-order chi connectivity index (χ0) is 13.5. The van der Waals surface area contributed by atoms with Crippen molar-refractivity contribution < 1.29 is 0 Å². The van der Waals surface area contributed by atoms with E-state index in [1.54, 1.807) is 0 Å². The zero-order valence-electron chi connectivity index (χ0n) is 11.7. The van der Waals surface area contributed by atoms with Crippen molar-refractivity contribution in [1.82, 2.24) is 15.2 Å². The minimum Gasteiger partial charge on any atom is -0.358 e. The summed E-state index contributed by atoms with van der Waals surface area (Å²) in [6.45, 7) is 5.65. The molecule has 1 N–H and O–H groups in total. The van der Waals surface area contributed by atoms with Crippen molar-refractivity contribution in [1.29, 1.82) is 0 Å². The van der Waals surface area contributed by atoms with Gasteiger partial charge in [-0.3, -0.25) is 0 Å². The second kappa shape index (κ2) is 7.56. The summed E-state index contributed by atoms with van der Waals surface area (Å²) in [6.07, 6.45) is 0. The summed E-state index contributed by atoms with van der Waals surface area (Å²) in [5.74, 6) is 0.967. The number of aromatic nitrogens is 1. The number of pyridine rings is 1. The standard InChI is InChI=1S/C13H23ClN4/c1-5-15-10-12-11(14)6-7-13(16-12)18(4)9-8-17(2)3/h6-7,15H,5,8-10H2,1-4H3. The molecule has 0 aliphatic rings. The molecular weight excluding hydrogens is 248 g/mol. The van der Waals surface area contributed by atoms with Crippen molar-refractivity contribution in [3.05, 3.63) is 22.8 Å². The SMILES string of the molecule is CCNCc1nc(N(C)CCN(C)C)ccc1Cl. The minimum absolute atomic E-state index is 0.713. The maximum absolute atomic E-state index is 6.13. The molecular formula is C13H23ClN4. The molecule has 1 rings (SSSR count). The van der Waals surface area contributed by atoms with Crippen molar-refractivity contribution in [3.63, 3.8) is 0 Å². The van der Waals surface area contributed by atoms with Crippen molar-refractivity contribution in [2.45, 2.75) is 13.5 Å². The first kappa shape index (κ1) is 15.2. The van der Waals surface area contributed by atoms with E-state index in [-0.39, 0.29) is 0 Å². The Morgan fingerprint density at radius 2 is 1.94 bits per heavy atom. The third kappa shape index (κ3) is 4.80. The second-order valence-corrected chi connectivity index (χ2v) is 5.01. The van der Waals surface area contributed by atoms with Gasteiger partial charge in [-0.2, -0.15) is 0 Å². The first-order valence-corrected chi connectivity index (χ1v) is 6.64. The Labute approximate surface area is 115 Å². The van der Waals surface area contributed by atoms with Gasteiger partial charge in [0, 0.05) is 26.7 Å². The van der Waals surface area contributed by atoms with Gasteiger partial charge in [0.25, 0.3) is 0 Å². The van der Waals surface area contributed by atoms with Gasteiger partial charge in [0.05, 0.1) is 10.7 Å². The Balaban J connectivity index is 2.70. The zero-order valence-corrected chi connectivity index (χ0v) is 12.5. The molecule has 0 saturated carbocycles. The number of nitrogens with zero attached hydrogens (tertiary/aromatic N) is 3.